The van der Waals surface area contributed by atoms with Gasteiger partial charge in [0.05, 0.1) is 0 Å². The van der Waals surface area contributed by atoms with Crippen LogP contribution in [0.15, 0.2) is 0 Å². The van der Waals surface area contributed by atoms with Gasteiger partial charge in [-0.15, -0.1) is 0 Å². The first-order valence-corrected chi connectivity index (χ1v) is 7.92. The van der Waals surface area contributed by atoms with Crippen LogP contribution in [0.3, 0.4) is 0 Å². The molecule has 0 spiro atoms. The average molecular weight is 235 g/mol. The van der Waals surface area contributed by atoms with Gasteiger partial charge in [0.25, 0.3) is 0 Å². The highest BCUT2D eigenvalue weighted by molar-refractivity contribution is 4.98. The van der Waals surface area contributed by atoms with Gasteiger partial charge in [-0.2, -0.15) is 0 Å². The Hall–Kier alpha value is -0.0400. The van der Waals surface area contributed by atoms with Crippen molar-refractivity contribution in [1.82, 2.24) is 5.32 Å². The number of rotatable bonds is 6. The summed E-state index contributed by atoms with van der Waals surface area (Å²) in [5.41, 5.74) is 0.616. The van der Waals surface area contributed by atoms with Gasteiger partial charge >= 0.3 is 0 Å². The summed E-state index contributed by atoms with van der Waals surface area (Å²) in [6.45, 7) is 7.21. The molecule has 1 N–H and O–H groups in total. The Kier molecular flexibility index (Phi) is 3.23. The van der Waals surface area contributed by atoms with E-state index < -0.39 is 0 Å². The molecule has 2 bridgehead atoms. The van der Waals surface area contributed by atoms with Crippen molar-refractivity contribution < 1.29 is 0 Å². The summed E-state index contributed by atoms with van der Waals surface area (Å²) >= 11 is 0. The van der Waals surface area contributed by atoms with Gasteiger partial charge in [-0.3, -0.25) is 0 Å². The van der Waals surface area contributed by atoms with Gasteiger partial charge in [0.2, 0.25) is 0 Å². The Morgan fingerprint density at radius 3 is 2.47 bits per heavy atom. The Labute approximate surface area is 107 Å². The monoisotopic (exact) mass is 235 g/mol. The Bertz CT molecular complexity index is 271. The standard InChI is InChI=1S/C16H29N/c1-3-17-11-16(2,15-6-7-15)10-14-9-12-4-5-13(14)8-12/h12-15,17H,3-11H2,1-2H3. The molecule has 0 amide bonds. The van der Waals surface area contributed by atoms with Crippen LogP contribution in [0, 0.1) is 29.1 Å². The fourth-order valence-corrected chi connectivity index (χ4v) is 4.80. The van der Waals surface area contributed by atoms with Crippen molar-refractivity contribution in [2.45, 2.75) is 58.8 Å². The Morgan fingerprint density at radius 1 is 1.12 bits per heavy atom. The predicted octanol–water partition coefficient (Wildman–Crippen LogP) is 3.84. The van der Waals surface area contributed by atoms with Crippen molar-refractivity contribution >= 4 is 0 Å². The predicted molar refractivity (Wildman–Crippen MR) is 72.9 cm³/mol. The van der Waals surface area contributed by atoms with Crippen LogP contribution in [0.1, 0.15) is 58.8 Å². The molecule has 0 aromatic heterocycles. The molecular weight excluding hydrogens is 206 g/mol. The minimum Gasteiger partial charge on any atom is -0.316 e. The van der Waals surface area contributed by atoms with Crippen molar-refractivity contribution in [2.24, 2.45) is 29.1 Å². The fraction of sp³-hybridized carbons (Fsp3) is 1.00. The number of nitrogens with one attached hydrogen (secondary N) is 1. The zero-order valence-electron chi connectivity index (χ0n) is 11.7. The third kappa shape index (κ3) is 2.41. The lowest BCUT2D eigenvalue weighted by molar-refractivity contribution is 0.160. The van der Waals surface area contributed by atoms with Gasteiger partial charge in [-0.05, 0) is 74.2 Å². The quantitative estimate of drug-likeness (QED) is 0.737. The van der Waals surface area contributed by atoms with Crippen molar-refractivity contribution in [2.75, 3.05) is 13.1 Å². The van der Waals surface area contributed by atoms with Gasteiger partial charge in [-0.25, -0.2) is 0 Å². The SMILES string of the molecule is CCNCC(C)(CC1CC2CCC1C2)C1CC1. The van der Waals surface area contributed by atoms with E-state index in [-0.39, 0.29) is 0 Å². The molecule has 3 saturated carbocycles. The van der Waals surface area contributed by atoms with Crippen LogP contribution in [0.5, 0.6) is 0 Å². The smallest absolute Gasteiger partial charge is 0.000780 e. The van der Waals surface area contributed by atoms with E-state index in [0.29, 0.717) is 5.41 Å². The average Bonchev–Trinajstić information content (AvgIpc) is 3.00. The lowest BCUT2D eigenvalue weighted by Gasteiger charge is -2.35. The third-order valence-corrected chi connectivity index (χ3v) is 5.95. The van der Waals surface area contributed by atoms with Crippen LogP contribution in [-0.2, 0) is 0 Å². The zero-order chi connectivity index (χ0) is 11.9. The molecule has 0 radical (unpaired) electrons. The van der Waals surface area contributed by atoms with E-state index in [1.54, 1.807) is 25.7 Å². The van der Waals surface area contributed by atoms with Crippen LogP contribution in [0.25, 0.3) is 0 Å². The molecule has 0 aromatic carbocycles. The highest BCUT2D eigenvalue weighted by Crippen LogP contribution is 2.56. The first kappa shape index (κ1) is 12.0. The number of fused-ring (bicyclic) bond motifs is 2. The topological polar surface area (TPSA) is 12.0 Å². The normalized spacial score (nSPS) is 39.5. The second-order valence-electron chi connectivity index (χ2n) is 7.35. The first-order valence-electron chi connectivity index (χ1n) is 7.92. The largest absolute Gasteiger partial charge is 0.316 e. The zero-order valence-corrected chi connectivity index (χ0v) is 11.7. The van der Waals surface area contributed by atoms with E-state index in [1.807, 2.05) is 0 Å². The summed E-state index contributed by atoms with van der Waals surface area (Å²) < 4.78 is 0. The highest BCUT2D eigenvalue weighted by atomic mass is 14.9. The minimum atomic E-state index is 0.616. The van der Waals surface area contributed by atoms with Gasteiger partial charge in [0, 0.05) is 6.54 Å². The van der Waals surface area contributed by atoms with E-state index in [4.69, 9.17) is 0 Å². The molecule has 0 aliphatic heterocycles. The molecule has 3 aliphatic rings. The molecule has 4 unspecified atom stereocenters. The van der Waals surface area contributed by atoms with Gasteiger partial charge in [0.1, 0.15) is 0 Å². The summed E-state index contributed by atoms with van der Waals surface area (Å²) in [5.74, 6) is 4.35. The molecule has 3 rings (SSSR count). The lowest BCUT2D eigenvalue weighted by Crippen LogP contribution is -2.36. The molecule has 0 heterocycles. The summed E-state index contributed by atoms with van der Waals surface area (Å²) in [5, 5.41) is 3.63. The second kappa shape index (κ2) is 4.57. The van der Waals surface area contributed by atoms with E-state index in [1.165, 1.54) is 25.8 Å². The molecule has 1 heteroatoms. The maximum atomic E-state index is 3.63. The van der Waals surface area contributed by atoms with Crippen LogP contribution in [0.4, 0.5) is 0 Å². The molecule has 3 fully saturated rings. The van der Waals surface area contributed by atoms with Crippen molar-refractivity contribution in [3.63, 3.8) is 0 Å². The molecule has 3 aliphatic carbocycles. The fourth-order valence-electron chi connectivity index (χ4n) is 4.80. The molecule has 4 atom stereocenters. The van der Waals surface area contributed by atoms with Gasteiger partial charge in [-0.1, -0.05) is 20.3 Å². The van der Waals surface area contributed by atoms with E-state index in [0.717, 1.165) is 30.2 Å². The molecule has 0 aromatic rings. The summed E-state index contributed by atoms with van der Waals surface area (Å²) in [7, 11) is 0. The van der Waals surface area contributed by atoms with Crippen LogP contribution in [0.2, 0.25) is 0 Å². The van der Waals surface area contributed by atoms with Gasteiger partial charge in [0.15, 0.2) is 0 Å². The molecular formula is C16H29N. The Balaban J connectivity index is 1.60. The molecule has 1 nitrogen and oxygen atoms in total. The van der Waals surface area contributed by atoms with Crippen molar-refractivity contribution in [1.29, 1.82) is 0 Å². The highest BCUT2D eigenvalue weighted by Gasteiger charge is 2.47. The maximum Gasteiger partial charge on any atom is 0.000780 e. The Morgan fingerprint density at radius 2 is 1.94 bits per heavy atom. The van der Waals surface area contributed by atoms with Crippen molar-refractivity contribution in [3.05, 3.63) is 0 Å². The van der Waals surface area contributed by atoms with Gasteiger partial charge < -0.3 is 5.32 Å². The molecule has 98 valence electrons. The van der Waals surface area contributed by atoms with E-state index >= 15 is 0 Å². The van der Waals surface area contributed by atoms with Crippen LogP contribution < -0.4 is 5.32 Å². The maximum absolute atomic E-state index is 3.63. The van der Waals surface area contributed by atoms with E-state index in [9.17, 15) is 0 Å². The summed E-state index contributed by atoms with van der Waals surface area (Å²) in [6.07, 6.45) is 10.8. The molecule has 17 heavy (non-hydrogen) atoms. The lowest BCUT2D eigenvalue weighted by atomic mass is 9.72. The number of hydrogen-bond donors (Lipinski definition) is 1. The van der Waals surface area contributed by atoms with E-state index in [2.05, 4.69) is 19.2 Å². The molecule has 0 saturated heterocycles. The first-order chi connectivity index (χ1) is 8.21. The minimum absolute atomic E-state index is 0.616. The van der Waals surface area contributed by atoms with Crippen LogP contribution >= 0.6 is 0 Å². The van der Waals surface area contributed by atoms with Crippen LogP contribution in [-0.4, -0.2) is 13.1 Å². The number of hydrogen-bond acceptors (Lipinski definition) is 1. The summed E-state index contributed by atoms with van der Waals surface area (Å²) in [4.78, 5) is 0. The summed E-state index contributed by atoms with van der Waals surface area (Å²) in [6, 6.07) is 0. The van der Waals surface area contributed by atoms with Crippen molar-refractivity contribution in [3.8, 4) is 0 Å². The second-order valence-corrected chi connectivity index (χ2v) is 7.35. The third-order valence-electron chi connectivity index (χ3n) is 5.95.